The molecule has 144 valence electrons. The number of carbonyl (C=O) groups excluding carboxylic acids is 1. The number of carbonyl (C=O) groups is 1. The van der Waals surface area contributed by atoms with E-state index >= 15 is 0 Å². The zero-order valence-corrected chi connectivity index (χ0v) is 16.2. The molecule has 4 heteroatoms. The van der Waals surface area contributed by atoms with Gasteiger partial charge in [-0.05, 0) is 36.1 Å². The molecule has 29 heavy (non-hydrogen) atoms. The summed E-state index contributed by atoms with van der Waals surface area (Å²) in [5.41, 5.74) is 4.05. The molecule has 1 atom stereocenters. The molecule has 0 bridgehead atoms. The van der Waals surface area contributed by atoms with E-state index in [-0.39, 0.29) is 5.91 Å². The van der Waals surface area contributed by atoms with Crippen LogP contribution in [0.15, 0.2) is 84.9 Å². The Hall–Kier alpha value is -3.40. The number of nitrogens with zero attached hydrogens (tertiary/aromatic N) is 2. The van der Waals surface area contributed by atoms with Crippen molar-refractivity contribution in [2.24, 2.45) is 0 Å². The molecule has 1 saturated carbocycles. The van der Waals surface area contributed by atoms with Gasteiger partial charge in [-0.1, -0.05) is 72.8 Å². The van der Waals surface area contributed by atoms with Gasteiger partial charge in [-0.2, -0.15) is 0 Å². The molecule has 0 spiro atoms. The van der Waals surface area contributed by atoms with Crippen LogP contribution in [0.4, 0.5) is 0 Å². The Balaban J connectivity index is 1.66. The molecule has 1 aliphatic carbocycles. The predicted molar refractivity (Wildman–Crippen MR) is 115 cm³/mol. The summed E-state index contributed by atoms with van der Waals surface area (Å²) >= 11 is 0. The Labute approximate surface area is 170 Å². The van der Waals surface area contributed by atoms with Gasteiger partial charge in [-0.25, -0.2) is 4.98 Å². The third kappa shape index (κ3) is 3.66. The molecule has 5 rings (SSSR count). The van der Waals surface area contributed by atoms with Crippen molar-refractivity contribution in [1.29, 1.82) is 0 Å². The first-order valence-electron chi connectivity index (χ1n) is 10.1. The molecule has 3 aromatic carbocycles. The second kappa shape index (κ2) is 7.55. The van der Waals surface area contributed by atoms with Gasteiger partial charge in [-0.15, -0.1) is 0 Å². The highest BCUT2D eigenvalue weighted by Crippen LogP contribution is 2.29. The van der Waals surface area contributed by atoms with E-state index in [4.69, 9.17) is 4.98 Å². The second-order valence-electron chi connectivity index (χ2n) is 7.65. The minimum absolute atomic E-state index is 0.0381. The molecule has 4 aromatic rings. The van der Waals surface area contributed by atoms with Gasteiger partial charge in [0.05, 0.1) is 11.0 Å². The van der Waals surface area contributed by atoms with Crippen LogP contribution in [-0.4, -0.2) is 21.5 Å². The minimum Gasteiger partial charge on any atom is -0.351 e. The minimum atomic E-state index is -0.442. The van der Waals surface area contributed by atoms with Crippen LogP contribution in [0.1, 0.15) is 35.8 Å². The van der Waals surface area contributed by atoms with Crippen molar-refractivity contribution < 1.29 is 4.79 Å². The number of fused-ring (bicyclic) bond motifs is 1. The summed E-state index contributed by atoms with van der Waals surface area (Å²) in [6.45, 7) is 0. The van der Waals surface area contributed by atoms with Crippen LogP contribution in [-0.2, 0) is 11.2 Å². The van der Waals surface area contributed by atoms with E-state index in [1.54, 1.807) is 0 Å². The van der Waals surface area contributed by atoms with Gasteiger partial charge in [0.25, 0.3) is 0 Å². The van der Waals surface area contributed by atoms with E-state index in [1.807, 2.05) is 66.7 Å². The highest BCUT2D eigenvalue weighted by atomic mass is 16.2. The molecule has 1 amide bonds. The fraction of sp³-hybridized carbons (Fsp3) is 0.200. The average molecular weight is 381 g/mol. The van der Waals surface area contributed by atoms with Gasteiger partial charge >= 0.3 is 0 Å². The summed E-state index contributed by atoms with van der Waals surface area (Å²) in [5.74, 6) is 0.938. The smallest absolute Gasteiger partial charge is 0.247 e. The number of aromatic nitrogens is 2. The van der Waals surface area contributed by atoms with Crippen molar-refractivity contribution >= 4 is 16.9 Å². The first-order chi connectivity index (χ1) is 14.3. The van der Waals surface area contributed by atoms with Gasteiger partial charge in [0, 0.05) is 12.5 Å². The van der Waals surface area contributed by atoms with Gasteiger partial charge in [0.2, 0.25) is 5.91 Å². The average Bonchev–Trinajstić information content (AvgIpc) is 3.50. The molecule has 1 aliphatic rings. The second-order valence-corrected chi connectivity index (χ2v) is 7.65. The quantitative estimate of drug-likeness (QED) is 0.535. The van der Waals surface area contributed by atoms with Crippen LogP contribution < -0.4 is 5.32 Å². The maximum absolute atomic E-state index is 13.4. The lowest BCUT2D eigenvalue weighted by Crippen LogP contribution is -2.35. The normalized spacial score (nSPS) is 14.6. The maximum atomic E-state index is 13.4. The molecular formula is C25H23N3O. The van der Waals surface area contributed by atoms with Crippen LogP contribution in [0.3, 0.4) is 0 Å². The van der Waals surface area contributed by atoms with Crippen LogP contribution in [0.2, 0.25) is 0 Å². The summed E-state index contributed by atoms with van der Waals surface area (Å²) in [6.07, 6.45) is 2.80. The van der Waals surface area contributed by atoms with Crippen molar-refractivity contribution in [2.75, 3.05) is 0 Å². The fourth-order valence-electron chi connectivity index (χ4n) is 3.85. The Bertz CT molecular complexity index is 1130. The Morgan fingerprint density at radius 1 is 0.931 bits per heavy atom. The predicted octanol–water partition coefficient (Wildman–Crippen LogP) is 4.50. The number of para-hydroxylation sites is 2. The van der Waals surface area contributed by atoms with Crippen LogP contribution in [0, 0.1) is 0 Å². The van der Waals surface area contributed by atoms with Gasteiger partial charge in [0.15, 0.2) is 0 Å². The molecule has 1 fully saturated rings. The third-order valence-electron chi connectivity index (χ3n) is 5.42. The molecule has 0 saturated heterocycles. The molecule has 1 aromatic heterocycles. The maximum Gasteiger partial charge on any atom is 0.247 e. The van der Waals surface area contributed by atoms with Gasteiger partial charge < -0.3 is 9.88 Å². The largest absolute Gasteiger partial charge is 0.351 e. The zero-order chi connectivity index (χ0) is 19.6. The van der Waals surface area contributed by atoms with E-state index in [1.165, 1.54) is 5.56 Å². The first-order valence-corrected chi connectivity index (χ1v) is 10.1. The van der Waals surface area contributed by atoms with E-state index in [0.29, 0.717) is 12.5 Å². The number of imidazole rings is 1. The molecule has 1 unspecified atom stereocenters. The number of hydrogen-bond donors (Lipinski definition) is 1. The van der Waals surface area contributed by atoms with Crippen LogP contribution in [0.5, 0.6) is 0 Å². The topological polar surface area (TPSA) is 46.9 Å². The number of hydrogen-bond acceptors (Lipinski definition) is 2. The lowest BCUT2D eigenvalue weighted by molar-refractivity contribution is -0.123. The summed E-state index contributed by atoms with van der Waals surface area (Å²) < 4.78 is 2.12. The number of amides is 1. The van der Waals surface area contributed by atoms with Crippen LogP contribution in [0.25, 0.3) is 11.0 Å². The van der Waals surface area contributed by atoms with Crippen molar-refractivity contribution in [1.82, 2.24) is 14.9 Å². The molecule has 1 heterocycles. The van der Waals surface area contributed by atoms with E-state index in [0.717, 1.165) is 35.3 Å². The molecular weight excluding hydrogens is 358 g/mol. The summed E-state index contributed by atoms with van der Waals surface area (Å²) in [5, 5.41) is 3.21. The lowest BCUT2D eigenvalue weighted by atomic mass is 10.0. The molecule has 0 radical (unpaired) electrons. The zero-order valence-electron chi connectivity index (χ0n) is 16.2. The van der Waals surface area contributed by atoms with Crippen molar-refractivity contribution in [3.05, 3.63) is 102 Å². The van der Waals surface area contributed by atoms with Crippen LogP contribution >= 0.6 is 0 Å². The number of rotatable bonds is 6. The Morgan fingerprint density at radius 3 is 2.31 bits per heavy atom. The summed E-state index contributed by atoms with van der Waals surface area (Å²) in [6, 6.07) is 28.2. The number of benzene rings is 3. The molecule has 1 N–H and O–H groups in total. The van der Waals surface area contributed by atoms with Crippen molar-refractivity contribution in [2.45, 2.75) is 31.3 Å². The first kappa shape index (κ1) is 17.7. The third-order valence-corrected chi connectivity index (χ3v) is 5.42. The molecule has 4 nitrogen and oxygen atoms in total. The monoisotopic (exact) mass is 381 g/mol. The standard InChI is InChI=1S/C25H23N3O/c29-25(26-20-15-16-20)24(19-11-5-2-6-12-19)28-22-14-8-7-13-21(22)27-23(28)17-18-9-3-1-4-10-18/h1-14,20,24H,15-17H2,(H,26,29). The fourth-order valence-corrected chi connectivity index (χ4v) is 3.85. The lowest BCUT2D eigenvalue weighted by Gasteiger charge is -2.22. The van der Waals surface area contributed by atoms with Crippen molar-refractivity contribution in [3.8, 4) is 0 Å². The number of nitrogens with one attached hydrogen (secondary N) is 1. The summed E-state index contributed by atoms with van der Waals surface area (Å²) in [7, 11) is 0. The van der Waals surface area contributed by atoms with Crippen molar-refractivity contribution in [3.63, 3.8) is 0 Å². The Kier molecular flexibility index (Phi) is 4.60. The molecule has 0 aliphatic heterocycles. The summed E-state index contributed by atoms with van der Waals surface area (Å²) in [4.78, 5) is 18.3. The Morgan fingerprint density at radius 2 is 1.59 bits per heavy atom. The SMILES string of the molecule is O=C(NC1CC1)C(c1ccccc1)n1c(Cc2ccccc2)nc2ccccc21. The van der Waals surface area contributed by atoms with Gasteiger partial charge in [-0.3, -0.25) is 4.79 Å². The highest BCUT2D eigenvalue weighted by molar-refractivity contribution is 5.87. The van der Waals surface area contributed by atoms with Gasteiger partial charge in [0.1, 0.15) is 11.9 Å². The highest BCUT2D eigenvalue weighted by Gasteiger charge is 2.31. The van der Waals surface area contributed by atoms with E-state index in [9.17, 15) is 4.79 Å². The van der Waals surface area contributed by atoms with E-state index in [2.05, 4.69) is 28.1 Å². The van der Waals surface area contributed by atoms with E-state index < -0.39 is 6.04 Å².